The number of pyridine rings is 2. The molecule has 8 heteroatoms. The number of amides is 1. The number of carbonyl (C=O) groups is 1. The number of hydrogen-bond acceptors (Lipinski definition) is 6. The van der Waals surface area contributed by atoms with Gasteiger partial charge < -0.3 is 14.6 Å². The predicted octanol–water partition coefficient (Wildman–Crippen LogP) is 0.803. The van der Waals surface area contributed by atoms with Crippen LogP contribution in [-0.4, -0.2) is 65.1 Å². The number of ether oxygens (including phenoxy) is 1. The highest BCUT2D eigenvalue weighted by atomic mass is 16.5. The van der Waals surface area contributed by atoms with Crippen LogP contribution in [0.25, 0.3) is 0 Å². The van der Waals surface area contributed by atoms with Crippen LogP contribution < -0.4 is 15.6 Å². The van der Waals surface area contributed by atoms with E-state index in [1.54, 1.807) is 13.3 Å². The van der Waals surface area contributed by atoms with Crippen molar-refractivity contribution >= 4 is 5.91 Å². The molecule has 1 N–H and O–H groups in total. The minimum atomic E-state index is 0.0327. The quantitative estimate of drug-likeness (QED) is 0.767. The van der Waals surface area contributed by atoms with E-state index in [0.717, 1.165) is 61.8 Å². The number of likely N-dealkylation sites (tertiary alicyclic amines) is 1. The SMILES string of the molecule is COc1ccc(CN2C[C@@H]3C[C@H](C2)c2ccc(CN4CCNC(=O)C4)c(=O)n2C3)nc1. The third-order valence-electron chi connectivity index (χ3n) is 6.69. The highest BCUT2D eigenvalue weighted by Crippen LogP contribution is 2.35. The van der Waals surface area contributed by atoms with Gasteiger partial charge in [-0.1, -0.05) is 6.07 Å². The number of carbonyl (C=O) groups excluding carboxylic acids is 1. The molecule has 31 heavy (non-hydrogen) atoms. The lowest BCUT2D eigenvalue weighted by Gasteiger charge is -2.43. The molecule has 2 aromatic heterocycles. The maximum Gasteiger partial charge on any atom is 0.255 e. The molecule has 164 valence electrons. The van der Waals surface area contributed by atoms with Crippen LogP contribution in [0.4, 0.5) is 0 Å². The first-order valence-electron chi connectivity index (χ1n) is 11.0. The largest absolute Gasteiger partial charge is 0.495 e. The Morgan fingerprint density at radius 3 is 2.77 bits per heavy atom. The zero-order chi connectivity index (χ0) is 21.4. The molecule has 2 atom stereocenters. The second-order valence-corrected chi connectivity index (χ2v) is 8.94. The fourth-order valence-electron chi connectivity index (χ4n) is 5.26. The normalized spacial score (nSPS) is 23.8. The number of hydrogen-bond donors (Lipinski definition) is 1. The molecule has 0 unspecified atom stereocenters. The molecule has 5 rings (SSSR count). The van der Waals surface area contributed by atoms with Gasteiger partial charge in [0.2, 0.25) is 5.91 Å². The molecule has 0 aromatic carbocycles. The van der Waals surface area contributed by atoms with Gasteiger partial charge in [0.15, 0.2) is 0 Å². The number of piperidine rings is 1. The lowest BCUT2D eigenvalue weighted by Crippen LogP contribution is -2.49. The van der Waals surface area contributed by atoms with Crippen molar-refractivity contribution < 1.29 is 9.53 Å². The van der Waals surface area contributed by atoms with Crippen molar-refractivity contribution in [3.05, 3.63) is 57.8 Å². The zero-order valence-electron chi connectivity index (χ0n) is 17.9. The summed E-state index contributed by atoms with van der Waals surface area (Å²) in [5, 5.41) is 2.84. The average molecular weight is 424 g/mol. The average Bonchev–Trinajstić information content (AvgIpc) is 2.77. The molecule has 8 nitrogen and oxygen atoms in total. The summed E-state index contributed by atoms with van der Waals surface area (Å²) in [6.45, 7) is 5.84. The van der Waals surface area contributed by atoms with E-state index >= 15 is 0 Å². The molecule has 0 aliphatic carbocycles. The maximum atomic E-state index is 13.2. The van der Waals surface area contributed by atoms with Crippen molar-refractivity contribution in [2.45, 2.75) is 32.0 Å². The maximum absolute atomic E-state index is 13.2. The smallest absolute Gasteiger partial charge is 0.255 e. The van der Waals surface area contributed by atoms with E-state index in [2.05, 4.69) is 26.2 Å². The summed E-state index contributed by atoms with van der Waals surface area (Å²) in [4.78, 5) is 33.9. The number of nitrogens with one attached hydrogen (secondary N) is 1. The summed E-state index contributed by atoms with van der Waals surface area (Å²) < 4.78 is 7.20. The van der Waals surface area contributed by atoms with Crippen LogP contribution >= 0.6 is 0 Å². The van der Waals surface area contributed by atoms with Crippen LogP contribution in [0.3, 0.4) is 0 Å². The monoisotopic (exact) mass is 423 g/mol. The number of fused-ring (bicyclic) bond motifs is 4. The Kier molecular flexibility index (Phi) is 5.50. The lowest BCUT2D eigenvalue weighted by molar-refractivity contribution is -0.124. The van der Waals surface area contributed by atoms with Gasteiger partial charge in [0.25, 0.3) is 5.56 Å². The predicted molar refractivity (Wildman–Crippen MR) is 116 cm³/mol. The standard InChI is InChI=1S/C23H29N5O3/c1-31-20-4-3-19(25-9-20)14-27-10-16-8-18(13-27)21-5-2-17(23(30)28(21)11-16)12-26-7-6-24-22(29)15-26/h2-5,9,16,18H,6-8,10-15H2,1H3,(H,24,29)/t16-,18+/m0/s1. The van der Waals surface area contributed by atoms with Crippen molar-refractivity contribution in [3.63, 3.8) is 0 Å². The Morgan fingerprint density at radius 2 is 2.00 bits per heavy atom. The Morgan fingerprint density at radius 1 is 1.10 bits per heavy atom. The van der Waals surface area contributed by atoms with Crippen LogP contribution in [0.1, 0.15) is 29.3 Å². The first kappa shape index (κ1) is 20.2. The van der Waals surface area contributed by atoms with Gasteiger partial charge in [-0.05, 0) is 30.5 Å². The molecule has 0 spiro atoms. The van der Waals surface area contributed by atoms with E-state index in [9.17, 15) is 9.59 Å². The van der Waals surface area contributed by atoms with Crippen LogP contribution in [0.5, 0.6) is 5.75 Å². The molecule has 3 aliphatic rings. The fraction of sp³-hybridized carbons (Fsp3) is 0.522. The van der Waals surface area contributed by atoms with E-state index in [1.807, 2.05) is 22.8 Å². The van der Waals surface area contributed by atoms with Gasteiger partial charge in [0.1, 0.15) is 5.75 Å². The van der Waals surface area contributed by atoms with E-state index < -0.39 is 0 Å². The minimum Gasteiger partial charge on any atom is -0.495 e. The Labute approximate surface area is 181 Å². The van der Waals surface area contributed by atoms with Gasteiger partial charge in [-0.25, -0.2) is 0 Å². The molecule has 0 saturated carbocycles. The first-order chi connectivity index (χ1) is 15.1. The van der Waals surface area contributed by atoms with E-state index in [-0.39, 0.29) is 11.5 Å². The van der Waals surface area contributed by atoms with Gasteiger partial charge in [0, 0.05) is 63.0 Å². The van der Waals surface area contributed by atoms with Gasteiger partial charge in [0.05, 0.1) is 25.5 Å². The van der Waals surface area contributed by atoms with Crippen molar-refractivity contribution in [2.75, 3.05) is 39.8 Å². The van der Waals surface area contributed by atoms with Crippen molar-refractivity contribution in [1.29, 1.82) is 0 Å². The zero-order valence-corrected chi connectivity index (χ0v) is 17.9. The van der Waals surface area contributed by atoms with Crippen LogP contribution in [0.15, 0.2) is 35.3 Å². The second-order valence-electron chi connectivity index (χ2n) is 8.94. The third kappa shape index (κ3) is 4.22. The summed E-state index contributed by atoms with van der Waals surface area (Å²) >= 11 is 0. The molecule has 1 amide bonds. The molecule has 5 heterocycles. The minimum absolute atomic E-state index is 0.0327. The topological polar surface area (TPSA) is 79.7 Å². The van der Waals surface area contributed by atoms with E-state index in [0.29, 0.717) is 31.5 Å². The van der Waals surface area contributed by atoms with Crippen molar-refractivity contribution in [2.24, 2.45) is 5.92 Å². The second kappa shape index (κ2) is 8.43. The Hall–Kier alpha value is -2.71. The molecule has 3 aliphatic heterocycles. The molecular weight excluding hydrogens is 394 g/mol. The summed E-state index contributed by atoms with van der Waals surface area (Å²) in [5.74, 6) is 1.64. The molecule has 2 bridgehead atoms. The van der Waals surface area contributed by atoms with Gasteiger partial charge in [-0.15, -0.1) is 0 Å². The first-order valence-corrected chi connectivity index (χ1v) is 11.0. The molecule has 0 radical (unpaired) electrons. The number of rotatable bonds is 5. The van der Waals surface area contributed by atoms with E-state index in [4.69, 9.17) is 4.74 Å². The van der Waals surface area contributed by atoms with Gasteiger partial charge >= 0.3 is 0 Å². The van der Waals surface area contributed by atoms with Gasteiger partial charge in [-0.3, -0.25) is 24.4 Å². The lowest BCUT2D eigenvalue weighted by atomic mass is 9.83. The summed E-state index contributed by atoms with van der Waals surface area (Å²) in [6, 6.07) is 8.09. The number of aromatic nitrogens is 2. The van der Waals surface area contributed by atoms with Crippen LogP contribution in [0.2, 0.25) is 0 Å². The fourth-order valence-corrected chi connectivity index (χ4v) is 5.26. The Bertz CT molecular complexity index is 1020. The van der Waals surface area contributed by atoms with Crippen LogP contribution in [-0.2, 0) is 24.4 Å². The van der Waals surface area contributed by atoms with E-state index in [1.165, 1.54) is 0 Å². The molecule has 2 aromatic rings. The molecule has 2 saturated heterocycles. The summed E-state index contributed by atoms with van der Waals surface area (Å²) in [6.07, 6.45) is 2.90. The van der Waals surface area contributed by atoms with Crippen LogP contribution in [0, 0.1) is 5.92 Å². The number of piperazine rings is 1. The van der Waals surface area contributed by atoms with Crippen molar-refractivity contribution in [1.82, 2.24) is 24.7 Å². The highest BCUT2D eigenvalue weighted by molar-refractivity contribution is 5.78. The third-order valence-corrected chi connectivity index (χ3v) is 6.69. The van der Waals surface area contributed by atoms with Gasteiger partial charge in [-0.2, -0.15) is 0 Å². The summed E-state index contributed by atoms with van der Waals surface area (Å²) in [7, 11) is 1.65. The molecular formula is C23H29N5O3. The number of nitrogens with zero attached hydrogens (tertiary/aromatic N) is 4. The summed E-state index contributed by atoms with van der Waals surface area (Å²) in [5.41, 5.74) is 3.09. The molecule has 2 fully saturated rings. The highest BCUT2D eigenvalue weighted by Gasteiger charge is 2.35. The Balaban J connectivity index is 1.31. The van der Waals surface area contributed by atoms with Crippen molar-refractivity contribution in [3.8, 4) is 5.75 Å². The number of methoxy groups -OCH3 is 1.